The van der Waals surface area contributed by atoms with E-state index in [1.807, 2.05) is 24.9 Å². The summed E-state index contributed by atoms with van der Waals surface area (Å²) in [6.07, 6.45) is 4.76. The van der Waals surface area contributed by atoms with E-state index in [0.29, 0.717) is 11.3 Å². The highest BCUT2D eigenvalue weighted by Crippen LogP contribution is 2.29. The van der Waals surface area contributed by atoms with Crippen molar-refractivity contribution >= 4 is 23.4 Å². The van der Waals surface area contributed by atoms with E-state index in [1.54, 1.807) is 12.1 Å². The summed E-state index contributed by atoms with van der Waals surface area (Å²) < 4.78 is 13.4. The van der Waals surface area contributed by atoms with Gasteiger partial charge in [-0.1, -0.05) is 24.1 Å². The van der Waals surface area contributed by atoms with Crippen LogP contribution in [0.3, 0.4) is 0 Å². The van der Waals surface area contributed by atoms with Crippen LogP contribution < -0.4 is 5.32 Å². The van der Waals surface area contributed by atoms with E-state index in [9.17, 15) is 4.39 Å². The molecule has 1 nitrogen and oxygen atoms in total. The van der Waals surface area contributed by atoms with Gasteiger partial charge < -0.3 is 5.32 Å². The van der Waals surface area contributed by atoms with E-state index in [4.69, 9.17) is 11.6 Å². The maximum absolute atomic E-state index is 13.4. The normalized spacial score (nSPS) is 21.8. The molecule has 2 unspecified atom stereocenters. The van der Waals surface area contributed by atoms with Crippen molar-refractivity contribution < 1.29 is 4.39 Å². The van der Waals surface area contributed by atoms with E-state index >= 15 is 0 Å². The van der Waals surface area contributed by atoms with Crippen molar-refractivity contribution in [1.29, 1.82) is 0 Å². The fourth-order valence-electron chi connectivity index (χ4n) is 2.42. The lowest BCUT2D eigenvalue weighted by atomic mass is 9.99. The zero-order valence-electron chi connectivity index (χ0n) is 10.6. The molecule has 1 N–H and O–H groups in total. The van der Waals surface area contributed by atoms with Gasteiger partial charge in [0.15, 0.2) is 0 Å². The number of hydrogen-bond acceptors (Lipinski definition) is 2. The summed E-state index contributed by atoms with van der Waals surface area (Å²) >= 11 is 7.75. The third-order valence-electron chi connectivity index (χ3n) is 3.47. The second kappa shape index (κ2) is 6.78. The predicted octanol–water partition coefficient (Wildman–Crippen LogP) is 3.90. The first-order valence-electron chi connectivity index (χ1n) is 6.43. The summed E-state index contributed by atoms with van der Waals surface area (Å²) in [5.41, 5.74) is 1.02. The lowest BCUT2D eigenvalue weighted by Gasteiger charge is -2.29. The second-order valence-electron chi connectivity index (χ2n) is 4.75. The summed E-state index contributed by atoms with van der Waals surface area (Å²) in [6.45, 7) is 0. The van der Waals surface area contributed by atoms with Crippen LogP contribution in [0.1, 0.15) is 24.8 Å². The van der Waals surface area contributed by atoms with Gasteiger partial charge in [-0.3, -0.25) is 0 Å². The van der Waals surface area contributed by atoms with Crippen LogP contribution in [-0.2, 0) is 6.42 Å². The van der Waals surface area contributed by atoms with E-state index in [2.05, 4.69) is 5.32 Å². The van der Waals surface area contributed by atoms with E-state index in [0.717, 1.165) is 12.0 Å². The van der Waals surface area contributed by atoms with Crippen LogP contribution in [0.25, 0.3) is 0 Å². The standard InChI is InChI=1S/C14H19ClFNS/c1-17-13(14-4-2-3-7-18-14)9-10-5-6-11(15)12(16)8-10/h5-6,8,13-14,17H,2-4,7,9H2,1H3. The van der Waals surface area contributed by atoms with Crippen LogP contribution >= 0.6 is 23.4 Å². The predicted molar refractivity (Wildman–Crippen MR) is 78.1 cm³/mol. The molecule has 1 saturated heterocycles. The second-order valence-corrected chi connectivity index (χ2v) is 6.51. The molecule has 0 saturated carbocycles. The Hall–Kier alpha value is -0.250. The van der Waals surface area contributed by atoms with Gasteiger partial charge in [0.1, 0.15) is 5.82 Å². The first-order valence-corrected chi connectivity index (χ1v) is 7.86. The Morgan fingerprint density at radius 3 is 2.94 bits per heavy atom. The van der Waals surface area contributed by atoms with Crippen LogP contribution in [-0.4, -0.2) is 24.1 Å². The third kappa shape index (κ3) is 3.62. The minimum Gasteiger partial charge on any atom is -0.316 e. The fourth-order valence-corrected chi connectivity index (χ4v) is 4.01. The molecule has 1 aliphatic rings. The minimum atomic E-state index is -0.319. The third-order valence-corrected chi connectivity index (χ3v) is 5.30. The van der Waals surface area contributed by atoms with E-state index in [-0.39, 0.29) is 10.8 Å². The smallest absolute Gasteiger partial charge is 0.142 e. The Labute approximate surface area is 117 Å². The van der Waals surface area contributed by atoms with Crippen LogP contribution in [0, 0.1) is 5.82 Å². The first-order chi connectivity index (χ1) is 8.70. The molecular weight excluding hydrogens is 269 g/mol. The van der Waals surface area contributed by atoms with E-state index < -0.39 is 0 Å². The number of rotatable bonds is 4. The van der Waals surface area contributed by atoms with Crippen molar-refractivity contribution in [3.8, 4) is 0 Å². The SMILES string of the molecule is CNC(Cc1ccc(Cl)c(F)c1)C1CCCCS1. The van der Waals surface area contributed by atoms with Crippen molar-refractivity contribution in [3.63, 3.8) is 0 Å². The van der Waals surface area contributed by atoms with Crippen LogP contribution in [0.5, 0.6) is 0 Å². The molecule has 18 heavy (non-hydrogen) atoms. The van der Waals surface area contributed by atoms with Gasteiger partial charge in [-0.25, -0.2) is 4.39 Å². The molecule has 1 heterocycles. The number of halogens is 2. The van der Waals surface area contributed by atoms with Crippen molar-refractivity contribution in [1.82, 2.24) is 5.32 Å². The molecule has 2 rings (SSSR count). The van der Waals surface area contributed by atoms with Gasteiger partial charge >= 0.3 is 0 Å². The lowest BCUT2D eigenvalue weighted by Crippen LogP contribution is -2.39. The number of likely N-dealkylation sites (N-methyl/N-ethyl adjacent to an activating group) is 1. The molecule has 0 radical (unpaired) electrons. The Morgan fingerprint density at radius 2 is 2.33 bits per heavy atom. The van der Waals surface area contributed by atoms with Gasteiger partial charge in [0.2, 0.25) is 0 Å². The van der Waals surface area contributed by atoms with Crippen molar-refractivity contribution in [2.75, 3.05) is 12.8 Å². The number of benzene rings is 1. The highest BCUT2D eigenvalue weighted by atomic mass is 35.5. The molecule has 0 amide bonds. The van der Waals surface area contributed by atoms with Gasteiger partial charge in [0.05, 0.1) is 5.02 Å². The summed E-state index contributed by atoms with van der Waals surface area (Å²) in [5.74, 6) is 0.929. The Balaban J connectivity index is 2.02. The molecule has 1 aromatic carbocycles. The topological polar surface area (TPSA) is 12.0 Å². The van der Waals surface area contributed by atoms with Crippen molar-refractivity contribution in [2.24, 2.45) is 0 Å². The Kier molecular flexibility index (Phi) is 5.34. The molecule has 1 aliphatic heterocycles. The van der Waals surface area contributed by atoms with Gasteiger partial charge in [0, 0.05) is 11.3 Å². The average Bonchev–Trinajstić information content (AvgIpc) is 2.41. The maximum atomic E-state index is 13.4. The van der Waals surface area contributed by atoms with Crippen molar-refractivity contribution in [2.45, 2.75) is 37.0 Å². The largest absolute Gasteiger partial charge is 0.316 e. The molecule has 2 atom stereocenters. The highest BCUT2D eigenvalue weighted by Gasteiger charge is 2.23. The minimum absolute atomic E-state index is 0.201. The zero-order valence-corrected chi connectivity index (χ0v) is 12.2. The molecule has 4 heteroatoms. The monoisotopic (exact) mass is 287 g/mol. The molecule has 0 bridgehead atoms. The number of thioether (sulfide) groups is 1. The Morgan fingerprint density at radius 1 is 1.50 bits per heavy atom. The molecule has 0 spiro atoms. The lowest BCUT2D eigenvalue weighted by molar-refractivity contribution is 0.493. The van der Waals surface area contributed by atoms with Crippen LogP contribution in [0.2, 0.25) is 5.02 Å². The van der Waals surface area contributed by atoms with Crippen LogP contribution in [0.15, 0.2) is 18.2 Å². The number of hydrogen-bond donors (Lipinski definition) is 1. The maximum Gasteiger partial charge on any atom is 0.142 e. The molecule has 1 aromatic rings. The summed E-state index contributed by atoms with van der Waals surface area (Å²) in [5, 5.41) is 4.22. The van der Waals surface area contributed by atoms with Crippen LogP contribution in [0.4, 0.5) is 4.39 Å². The summed E-state index contributed by atoms with van der Waals surface area (Å²) in [7, 11) is 1.99. The number of nitrogens with one attached hydrogen (secondary N) is 1. The van der Waals surface area contributed by atoms with E-state index in [1.165, 1.54) is 25.0 Å². The molecular formula is C14H19ClFNS. The van der Waals surface area contributed by atoms with Gasteiger partial charge in [-0.15, -0.1) is 0 Å². The summed E-state index contributed by atoms with van der Waals surface area (Å²) in [4.78, 5) is 0. The van der Waals surface area contributed by atoms with Gasteiger partial charge in [-0.05, 0) is 49.8 Å². The van der Waals surface area contributed by atoms with Gasteiger partial charge in [0.25, 0.3) is 0 Å². The molecule has 1 fully saturated rings. The molecule has 100 valence electrons. The fraction of sp³-hybridized carbons (Fsp3) is 0.571. The van der Waals surface area contributed by atoms with Crippen molar-refractivity contribution in [3.05, 3.63) is 34.6 Å². The highest BCUT2D eigenvalue weighted by molar-refractivity contribution is 8.00. The average molecular weight is 288 g/mol. The first kappa shape index (κ1) is 14.2. The quantitative estimate of drug-likeness (QED) is 0.901. The molecule has 0 aromatic heterocycles. The zero-order chi connectivity index (χ0) is 13.0. The Bertz CT molecular complexity index is 393. The molecule has 0 aliphatic carbocycles. The van der Waals surface area contributed by atoms with Gasteiger partial charge in [-0.2, -0.15) is 11.8 Å². The summed E-state index contributed by atoms with van der Waals surface area (Å²) in [6, 6.07) is 5.53.